The Hall–Kier alpha value is -0.590. The minimum absolute atomic E-state index is 0.157. The van der Waals surface area contributed by atoms with Crippen molar-refractivity contribution in [3.63, 3.8) is 0 Å². The van der Waals surface area contributed by atoms with Crippen LogP contribution in [0.5, 0.6) is 0 Å². The average Bonchev–Trinajstić information content (AvgIpc) is 2.79. The second kappa shape index (κ2) is 6.88. The number of aliphatic hydroxyl groups excluding tert-OH is 1. The first-order valence-corrected chi connectivity index (χ1v) is 6.53. The van der Waals surface area contributed by atoms with Crippen molar-refractivity contribution in [2.75, 3.05) is 18.9 Å². The molecule has 1 heterocycles. The Labute approximate surface area is 100 Å². The Bertz CT molecular complexity index is 280. The Kier molecular flexibility index (Phi) is 5.79. The number of hydrogen-bond acceptors (Lipinski definition) is 5. The molecule has 0 aliphatic rings. The summed E-state index contributed by atoms with van der Waals surface area (Å²) < 4.78 is 0. The lowest BCUT2D eigenvalue weighted by Gasteiger charge is -2.28. The predicted octanol–water partition coefficient (Wildman–Crippen LogP) is 1.04. The van der Waals surface area contributed by atoms with Crippen LogP contribution in [0.1, 0.15) is 26.7 Å². The highest BCUT2D eigenvalue weighted by atomic mass is 32.2. The summed E-state index contributed by atoms with van der Waals surface area (Å²) in [6.07, 6.45) is 3.47. The normalized spacial score (nSPS) is 14.9. The smallest absolute Gasteiger partial charge is 0.183 e. The Morgan fingerprint density at radius 3 is 3.00 bits per heavy atom. The van der Waals surface area contributed by atoms with Gasteiger partial charge in [-0.15, -0.1) is 0 Å². The van der Waals surface area contributed by atoms with Crippen molar-refractivity contribution in [2.45, 2.75) is 37.4 Å². The number of aliphatic hydroxyl groups is 1. The number of aromatic amines is 1. The first-order chi connectivity index (χ1) is 7.70. The first-order valence-electron chi connectivity index (χ1n) is 5.54. The summed E-state index contributed by atoms with van der Waals surface area (Å²) in [7, 11) is 0. The molecule has 6 heteroatoms. The van der Waals surface area contributed by atoms with Gasteiger partial charge >= 0.3 is 0 Å². The van der Waals surface area contributed by atoms with Crippen molar-refractivity contribution in [3.8, 4) is 0 Å². The second-order valence-electron chi connectivity index (χ2n) is 4.03. The molecule has 0 spiro atoms. The van der Waals surface area contributed by atoms with Gasteiger partial charge in [0.2, 0.25) is 0 Å². The number of nitrogens with zero attached hydrogens (tertiary/aromatic N) is 2. The van der Waals surface area contributed by atoms with Crippen LogP contribution >= 0.6 is 11.8 Å². The van der Waals surface area contributed by atoms with E-state index in [0.29, 0.717) is 0 Å². The summed E-state index contributed by atoms with van der Waals surface area (Å²) in [5.74, 6) is 0.906. The van der Waals surface area contributed by atoms with Crippen molar-refractivity contribution in [2.24, 2.45) is 0 Å². The fourth-order valence-corrected chi connectivity index (χ4v) is 2.27. The van der Waals surface area contributed by atoms with Crippen molar-refractivity contribution in [1.82, 2.24) is 20.5 Å². The van der Waals surface area contributed by atoms with E-state index in [4.69, 9.17) is 0 Å². The maximum absolute atomic E-state index is 9.36. The molecule has 0 aliphatic heterocycles. The predicted molar refractivity (Wildman–Crippen MR) is 65.5 cm³/mol. The lowest BCUT2D eigenvalue weighted by atomic mass is 10.0. The van der Waals surface area contributed by atoms with Gasteiger partial charge < -0.3 is 10.4 Å². The van der Waals surface area contributed by atoms with E-state index in [1.165, 1.54) is 6.33 Å². The molecule has 0 amide bonds. The highest BCUT2D eigenvalue weighted by molar-refractivity contribution is 7.99. The van der Waals surface area contributed by atoms with E-state index in [1.807, 2.05) is 6.92 Å². The van der Waals surface area contributed by atoms with Gasteiger partial charge in [-0.3, -0.25) is 5.10 Å². The number of H-pyrrole nitrogens is 1. The zero-order valence-corrected chi connectivity index (χ0v) is 10.7. The third-order valence-corrected chi connectivity index (χ3v) is 3.31. The summed E-state index contributed by atoms with van der Waals surface area (Å²) >= 11 is 1.62. The quantitative estimate of drug-likeness (QED) is 0.596. The molecule has 3 N–H and O–H groups in total. The summed E-state index contributed by atoms with van der Waals surface area (Å²) in [6.45, 7) is 5.26. The van der Waals surface area contributed by atoms with E-state index in [9.17, 15) is 5.11 Å². The summed E-state index contributed by atoms with van der Waals surface area (Å²) in [5, 5.41) is 20.1. The molecule has 1 aromatic rings. The molecule has 0 bridgehead atoms. The number of rotatable bonds is 8. The van der Waals surface area contributed by atoms with E-state index >= 15 is 0 Å². The van der Waals surface area contributed by atoms with Gasteiger partial charge in [0, 0.05) is 11.3 Å². The van der Waals surface area contributed by atoms with E-state index in [-0.39, 0.29) is 12.1 Å². The van der Waals surface area contributed by atoms with Gasteiger partial charge in [-0.05, 0) is 26.3 Å². The molecule has 1 unspecified atom stereocenters. The topological polar surface area (TPSA) is 73.8 Å². The summed E-state index contributed by atoms with van der Waals surface area (Å²) in [5.41, 5.74) is -0.191. The first kappa shape index (κ1) is 13.5. The van der Waals surface area contributed by atoms with Gasteiger partial charge in [0.05, 0.1) is 6.61 Å². The standard InChI is InChI=1S/C10H20N4OS/c1-3-5-12-10(2,7-15)4-6-16-9-11-8-13-14-9/h8,12,15H,3-7H2,1-2H3,(H,11,13,14). The highest BCUT2D eigenvalue weighted by Gasteiger charge is 2.21. The van der Waals surface area contributed by atoms with E-state index in [0.717, 1.165) is 30.3 Å². The number of aromatic nitrogens is 3. The summed E-state index contributed by atoms with van der Waals surface area (Å²) in [4.78, 5) is 4.04. The third-order valence-electron chi connectivity index (χ3n) is 2.44. The van der Waals surface area contributed by atoms with Crippen molar-refractivity contribution >= 4 is 11.8 Å². The average molecular weight is 244 g/mol. The van der Waals surface area contributed by atoms with Crippen molar-refractivity contribution in [3.05, 3.63) is 6.33 Å². The lowest BCUT2D eigenvalue weighted by Crippen LogP contribution is -2.46. The van der Waals surface area contributed by atoms with Crippen LogP contribution in [0.3, 0.4) is 0 Å². The van der Waals surface area contributed by atoms with Gasteiger partial charge in [-0.1, -0.05) is 18.7 Å². The van der Waals surface area contributed by atoms with Crippen molar-refractivity contribution in [1.29, 1.82) is 0 Å². The minimum Gasteiger partial charge on any atom is -0.394 e. The zero-order chi connectivity index (χ0) is 11.9. The van der Waals surface area contributed by atoms with Crippen molar-refractivity contribution < 1.29 is 5.11 Å². The molecular weight excluding hydrogens is 224 g/mol. The van der Waals surface area contributed by atoms with Gasteiger partial charge in [-0.25, -0.2) is 4.98 Å². The largest absolute Gasteiger partial charge is 0.394 e. The third kappa shape index (κ3) is 4.51. The molecule has 1 atom stereocenters. The molecule has 0 aliphatic carbocycles. The fraction of sp³-hybridized carbons (Fsp3) is 0.800. The molecule has 5 nitrogen and oxygen atoms in total. The molecular formula is C10H20N4OS. The molecule has 16 heavy (non-hydrogen) atoms. The number of thioether (sulfide) groups is 1. The molecule has 1 aromatic heterocycles. The Balaban J connectivity index is 2.27. The van der Waals surface area contributed by atoms with Crippen LogP contribution in [0.4, 0.5) is 0 Å². The van der Waals surface area contributed by atoms with E-state index in [2.05, 4.69) is 27.4 Å². The molecule has 0 saturated heterocycles. The minimum atomic E-state index is -0.191. The van der Waals surface area contributed by atoms with Crippen LogP contribution in [0.2, 0.25) is 0 Å². The van der Waals surface area contributed by atoms with Gasteiger partial charge in [-0.2, -0.15) is 5.10 Å². The maximum Gasteiger partial charge on any atom is 0.183 e. The Morgan fingerprint density at radius 2 is 2.44 bits per heavy atom. The van der Waals surface area contributed by atoms with E-state index < -0.39 is 0 Å². The van der Waals surface area contributed by atoms with Crippen LogP contribution in [0, 0.1) is 0 Å². The molecule has 1 rings (SSSR count). The van der Waals surface area contributed by atoms with Crippen LogP contribution in [0.25, 0.3) is 0 Å². The van der Waals surface area contributed by atoms with E-state index in [1.54, 1.807) is 11.8 Å². The highest BCUT2D eigenvalue weighted by Crippen LogP contribution is 2.17. The fourth-order valence-electron chi connectivity index (χ4n) is 1.29. The SMILES string of the molecule is CCCNC(C)(CO)CCSc1ncn[nH]1. The van der Waals surface area contributed by atoms with Crippen LogP contribution in [-0.4, -0.2) is 44.7 Å². The van der Waals surface area contributed by atoms with Crippen LogP contribution in [0.15, 0.2) is 11.5 Å². The second-order valence-corrected chi connectivity index (χ2v) is 5.12. The molecule has 0 saturated carbocycles. The van der Waals surface area contributed by atoms with Gasteiger partial charge in [0.15, 0.2) is 5.16 Å². The molecule has 0 radical (unpaired) electrons. The van der Waals surface area contributed by atoms with Crippen LogP contribution in [-0.2, 0) is 0 Å². The lowest BCUT2D eigenvalue weighted by molar-refractivity contribution is 0.171. The van der Waals surface area contributed by atoms with Crippen LogP contribution < -0.4 is 5.32 Å². The molecule has 92 valence electrons. The maximum atomic E-state index is 9.36. The van der Waals surface area contributed by atoms with Gasteiger partial charge in [0.25, 0.3) is 0 Å². The number of nitrogens with one attached hydrogen (secondary N) is 2. The zero-order valence-electron chi connectivity index (χ0n) is 9.86. The molecule has 0 fully saturated rings. The van der Waals surface area contributed by atoms with Gasteiger partial charge in [0.1, 0.15) is 6.33 Å². The Morgan fingerprint density at radius 1 is 1.62 bits per heavy atom. The summed E-state index contributed by atoms with van der Waals surface area (Å²) in [6, 6.07) is 0. The molecule has 0 aromatic carbocycles. The number of hydrogen-bond donors (Lipinski definition) is 3. The monoisotopic (exact) mass is 244 g/mol.